The van der Waals surface area contributed by atoms with Crippen molar-refractivity contribution in [1.82, 2.24) is 9.78 Å². The molecule has 0 atom stereocenters. The molecule has 0 spiro atoms. The number of benzene rings is 3. The normalized spacial score (nSPS) is 11.1. The zero-order valence-corrected chi connectivity index (χ0v) is 17.2. The first-order chi connectivity index (χ1) is 14.6. The van der Waals surface area contributed by atoms with Crippen molar-refractivity contribution in [2.24, 2.45) is 7.05 Å². The van der Waals surface area contributed by atoms with Gasteiger partial charge in [-0.1, -0.05) is 30.3 Å². The highest BCUT2D eigenvalue weighted by atomic mass is 15.3. The summed E-state index contributed by atoms with van der Waals surface area (Å²) in [7, 11) is 1.97. The second-order valence-electron chi connectivity index (χ2n) is 7.61. The number of rotatable bonds is 2. The molecule has 5 rings (SSSR count). The molecule has 5 aromatic rings. The lowest BCUT2D eigenvalue weighted by Gasteiger charge is -2.12. The summed E-state index contributed by atoms with van der Waals surface area (Å²) in [6.45, 7) is 12.0. The van der Waals surface area contributed by atoms with Gasteiger partial charge in [0, 0.05) is 48.5 Å². The smallest absolute Gasteiger partial charge is 0.218 e. The number of fused-ring (bicyclic) bond motifs is 2. The van der Waals surface area contributed by atoms with Gasteiger partial charge in [-0.25, -0.2) is 4.85 Å². The molecule has 0 bridgehead atoms. The van der Waals surface area contributed by atoms with Crippen molar-refractivity contribution in [2.75, 3.05) is 0 Å². The molecule has 0 amide bonds. The van der Waals surface area contributed by atoms with Crippen LogP contribution >= 0.6 is 0 Å². The topological polar surface area (TPSA) is 26.1 Å². The van der Waals surface area contributed by atoms with Crippen LogP contribution in [0.2, 0.25) is 0 Å². The van der Waals surface area contributed by atoms with E-state index in [1.807, 2.05) is 42.1 Å². The molecule has 0 N–H and O–H groups in total. The first-order valence-electron chi connectivity index (χ1n) is 9.93. The molecule has 30 heavy (non-hydrogen) atoms. The second-order valence-corrected chi connectivity index (χ2v) is 7.61. The number of hydrogen-bond acceptors (Lipinski definition) is 1. The van der Waals surface area contributed by atoms with E-state index in [4.69, 9.17) is 6.57 Å². The minimum Gasteiger partial charge on any atom is -0.267 e. The van der Waals surface area contributed by atoms with Gasteiger partial charge in [0.05, 0.1) is 17.8 Å². The molecule has 2 aromatic heterocycles. The van der Waals surface area contributed by atoms with Crippen molar-refractivity contribution >= 4 is 27.5 Å². The number of hydrogen-bond donors (Lipinski definition) is 0. The highest BCUT2D eigenvalue weighted by molar-refractivity contribution is 5.95. The molecule has 0 fully saturated rings. The molecule has 0 aliphatic carbocycles. The molecule has 4 heteroatoms. The highest BCUT2D eigenvalue weighted by Gasteiger charge is 2.23. The van der Waals surface area contributed by atoms with Crippen molar-refractivity contribution in [2.45, 2.75) is 13.8 Å². The Balaban J connectivity index is 1.89. The maximum atomic E-state index is 7.72. The number of nitrogens with zero attached hydrogens (tertiary/aromatic N) is 4. The third-order valence-corrected chi connectivity index (χ3v) is 5.77. The van der Waals surface area contributed by atoms with Gasteiger partial charge in [0.1, 0.15) is 0 Å². The maximum Gasteiger partial charge on any atom is 0.218 e. The van der Waals surface area contributed by atoms with Crippen LogP contribution in [0.1, 0.15) is 11.3 Å². The molecule has 0 saturated heterocycles. The quantitative estimate of drug-likeness (QED) is 0.275. The molecule has 2 heterocycles. The Labute approximate surface area is 175 Å². The van der Waals surface area contributed by atoms with Crippen molar-refractivity contribution < 1.29 is 4.57 Å². The largest absolute Gasteiger partial charge is 0.267 e. The number of aryl methyl sites for hydroxylation is 2. The van der Waals surface area contributed by atoms with Crippen LogP contribution in [0, 0.1) is 20.4 Å². The van der Waals surface area contributed by atoms with Crippen molar-refractivity contribution in [1.29, 1.82) is 0 Å². The average molecular weight is 389 g/mol. The van der Waals surface area contributed by atoms with E-state index >= 15 is 0 Å². The Kier molecular flexibility index (Phi) is 4.11. The standard InChI is InChI=1S/C26H21N4/c1-17-13-14-19-9-5-8-12-24(19)30(17)25-16-20(27-3)15-22(18(25)2)26-21-10-6-7-11-23(21)28-29(26)4/h5-16H,1-2,4H3/q+1. The van der Waals surface area contributed by atoms with Gasteiger partial charge in [0.2, 0.25) is 11.2 Å². The Morgan fingerprint density at radius 1 is 0.933 bits per heavy atom. The summed E-state index contributed by atoms with van der Waals surface area (Å²) in [4.78, 5) is 3.79. The van der Waals surface area contributed by atoms with E-state index in [-0.39, 0.29) is 0 Å². The highest BCUT2D eigenvalue weighted by Crippen LogP contribution is 2.35. The van der Waals surface area contributed by atoms with Gasteiger partial charge in [-0.05, 0) is 36.8 Å². The Morgan fingerprint density at radius 2 is 1.70 bits per heavy atom. The molecule has 0 unspecified atom stereocenters. The molecular weight excluding hydrogens is 368 g/mol. The van der Waals surface area contributed by atoms with Gasteiger partial charge in [-0.2, -0.15) is 9.67 Å². The van der Waals surface area contributed by atoms with Gasteiger partial charge in [0.25, 0.3) is 0 Å². The molecule has 4 nitrogen and oxygen atoms in total. The van der Waals surface area contributed by atoms with E-state index in [0.717, 1.165) is 44.6 Å². The summed E-state index contributed by atoms with van der Waals surface area (Å²) in [5.41, 5.74) is 8.05. The molecule has 0 saturated carbocycles. The van der Waals surface area contributed by atoms with Crippen LogP contribution in [0.15, 0.2) is 72.8 Å². The van der Waals surface area contributed by atoms with Gasteiger partial charge in [-0.3, -0.25) is 4.68 Å². The van der Waals surface area contributed by atoms with E-state index in [1.54, 1.807) is 0 Å². The molecule has 144 valence electrons. The fourth-order valence-corrected chi connectivity index (χ4v) is 4.32. The van der Waals surface area contributed by atoms with Crippen LogP contribution in [0.3, 0.4) is 0 Å². The Hall–Kier alpha value is -3.97. The number of para-hydroxylation sites is 1. The molecule has 3 aromatic carbocycles. The zero-order valence-electron chi connectivity index (χ0n) is 17.2. The predicted molar refractivity (Wildman–Crippen MR) is 121 cm³/mol. The summed E-state index contributed by atoms with van der Waals surface area (Å²) in [5, 5.41) is 6.95. The summed E-state index contributed by atoms with van der Waals surface area (Å²) in [6, 6.07) is 24.8. The van der Waals surface area contributed by atoms with Crippen molar-refractivity contribution in [3.63, 3.8) is 0 Å². The summed E-state index contributed by atoms with van der Waals surface area (Å²) in [5.74, 6) is 0. The second kappa shape index (κ2) is 6.82. The fraction of sp³-hybridized carbons (Fsp3) is 0.115. The van der Waals surface area contributed by atoms with E-state index in [1.165, 1.54) is 5.39 Å². The van der Waals surface area contributed by atoms with Crippen LogP contribution in [0.4, 0.5) is 5.69 Å². The number of aromatic nitrogens is 3. The SMILES string of the molecule is [C-]#[N+]c1cc(-c2c3ccccc3nn2C)c(C)c(-[n+]2c(C)ccc3ccccc32)c1. The molecular formula is C26H21N4+. The Morgan fingerprint density at radius 3 is 2.53 bits per heavy atom. The average Bonchev–Trinajstić information content (AvgIpc) is 3.10. The van der Waals surface area contributed by atoms with E-state index < -0.39 is 0 Å². The molecule has 0 radical (unpaired) electrons. The Bertz CT molecular complexity index is 1490. The van der Waals surface area contributed by atoms with Gasteiger partial charge in [0.15, 0.2) is 11.4 Å². The predicted octanol–water partition coefficient (Wildman–Crippen LogP) is 5.84. The zero-order chi connectivity index (χ0) is 20.8. The minimum atomic E-state index is 0.621. The molecule has 0 aliphatic rings. The summed E-state index contributed by atoms with van der Waals surface area (Å²) < 4.78 is 4.17. The summed E-state index contributed by atoms with van der Waals surface area (Å²) >= 11 is 0. The fourth-order valence-electron chi connectivity index (χ4n) is 4.32. The lowest BCUT2D eigenvalue weighted by molar-refractivity contribution is -0.574. The van der Waals surface area contributed by atoms with Gasteiger partial charge < -0.3 is 0 Å². The van der Waals surface area contributed by atoms with Gasteiger partial charge in [-0.15, -0.1) is 0 Å². The van der Waals surface area contributed by atoms with Crippen LogP contribution in [-0.4, -0.2) is 9.78 Å². The number of pyridine rings is 1. The lowest BCUT2D eigenvalue weighted by atomic mass is 9.99. The van der Waals surface area contributed by atoms with Crippen LogP contribution in [0.25, 0.3) is 43.6 Å². The summed E-state index contributed by atoms with van der Waals surface area (Å²) in [6.07, 6.45) is 0. The van der Waals surface area contributed by atoms with Crippen molar-refractivity contribution in [3.05, 3.63) is 95.5 Å². The monoisotopic (exact) mass is 389 g/mol. The first kappa shape index (κ1) is 18.1. The van der Waals surface area contributed by atoms with Crippen LogP contribution < -0.4 is 4.57 Å². The van der Waals surface area contributed by atoms with Crippen molar-refractivity contribution in [3.8, 4) is 16.9 Å². The maximum absolute atomic E-state index is 7.72. The lowest BCUT2D eigenvalue weighted by Crippen LogP contribution is -2.36. The first-order valence-corrected chi connectivity index (χ1v) is 9.93. The minimum absolute atomic E-state index is 0.621. The van der Waals surface area contributed by atoms with E-state index in [0.29, 0.717) is 5.69 Å². The van der Waals surface area contributed by atoms with E-state index in [2.05, 4.69) is 70.8 Å². The van der Waals surface area contributed by atoms with E-state index in [9.17, 15) is 0 Å². The van der Waals surface area contributed by atoms with Gasteiger partial charge >= 0.3 is 0 Å². The third-order valence-electron chi connectivity index (χ3n) is 5.77. The van der Waals surface area contributed by atoms with Crippen LogP contribution in [-0.2, 0) is 7.05 Å². The van der Waals surface area contributed by atoms with Crippen LogP contribution in [0.5, 0.6) is 0 Å². The third kappa shape index (κ3) is 2.67. The molecule has 0 aliphatic heterocycles.